The molecule has 0 bridgehead atoms. The fourth-order valence-electron chi connectivity index (χ4n) is 1.33. The summed E-state index contributed by atoms with van der Waals surface area (Å²) in [4.78, 5) is 16.0. The van der Waals surface area contributed by atoms with E-state index in [9.17, 15) is 4.79 Å². The van der Waals surface area contributed by atoms with Gasteiger partial charge in [0.1, 0.15) is 0 Å². The number of nitrogens with zero attached hydrogens (tertiary/aromatic N) is 1. The van der Waals surface area contributed by atoms with Crippen LogP contribution in [0.4, 0.5) is 16.5 Å². The Morgan fingerprint density at radius 2 is 2.29 bits per heavy atom. The summed E-state index contributed by atoms with van der Waals surface area (Å²) < 4.78 is 0. The molecule has 0 saturated carbocycles. The minimum Gasteiger partial charge on any atom is -0.478 e. The summed E-state index contributed by atoms with van der Waals surface area (Å²) in [5, 5.41) is 12.6. The van der Waals surface area contributed by atoms with Crippen LogP contribution >= 0.6 is 11.3 Å². The molecule has 5 nitrogen and oxygen atoms in total. The molecule has 0 fully saturated rings. The van der Waals surface area contributed by atoms with Crippen LogP contribution in [0.3, 0.4) is 0 Å². The quantitative estimate of drug-likeness (QED) is 0.727. The number of nitrogens with two attached hydrogens (primary N) is 1. The van der Waals surface area contributed by atoms with E-state index in [4.69, 9.17) is 10.8 Å². The van der Waals surface area contributed by atoms with Crippen molar-refractivity contribution < 1.29 is 9.90 Å². The van der Waals surface area contributed by atoms with Crippen molar-refractivity contribution in [1.82, 2.24) is 4.98 Å². The zero-order chi connectivity index (χ0) is 12.4. The molecule has 1 heterocycles. The van der Waals surface area contributed by atoms with E-state index < -0.39 is 5.97 Å². The maximum Gasteiger partial charge on any atom is 0.335 e. The number of anilines is 3. The zero-order valence-corrected chi connectivity index (χ0v) is 9.91. The first-order valence-corrected chi connectivity index (χ1v) is 5.70. The van der Waals surface area contributed by atoms with Gasteiger partial charge in [-0.3, -0.25) is 0 Å². The number of aromatic nitrogens is 1. The van der Waals surface area contributed by atoms with Crippen molar-refractivity contribution in [3.63, 3.8) is 0 Å². The largest absolute Gasteiger partial charge is 0.478 e. The van der Waals surface area contributed by atoms with Gasteiger partial charge in [-0.15, -0.1) is 11.3 Å². The van der Waals surface area contributed by atoms with Gasteiger partial charge in [0.05, 0.1) is 16.9 Å². The molecule has 0 aliphatic heterocycles. The summed E-state index contributed by atoms with van der Waals surface area (Å²) >= 11 is 1.48. The third-order valence-electron chi connectivity index (χ3n) is 2.16. The Morgan fingerprint density at radius 1 is 1.53 bits per heavy atom. The average Bonchev–Trinajstić information content (AvgIpc) is 2.67. The van der Waals surface area contributed by atoms with Gasteiger partial charge < -0.3 is 16.2 Å². The van der Waals surface area contributed by atoms with Gasteiger partial charge >= 0.3 is 5.97 Å². The molecule has 0 unspecified atom stereocenters. The highest BCUT2D eigenvalue weighted by Gasteiger charge is 2.08. The van der Waals surface area contributed by atoms with Crippen molar-refractivity contribution in [2.75, 3.05) is 11.1 Å². The summed E-state index contributed by atoms with van der Waals surface area (Å²) in [6.07, 6.45) is 1.74. The lowest BCUT2D eigenvalue weighted by atomic mass is 10.2. The molecule has 1 aromatic carbocycles. The van der Waals surface area contributed by atoms with Crippen molar-refractivity contribution in [2.24, 2.45) is 0 Å². The fraction of sp³-hybridized carbons (Fsp3) is 0.0909. The van der Waals surface area contributed by atoms with Crippen molar-refractivity contribution in [3.8, 4) is 0 Å². The molecule has 0 amide bonds. The number of hydrogen-bond donors (Lipinski definition) is 3. The van der Waals surface area contributed by atoms with E-state index in [1.165, 1.54) is 23.5 Å². The van der Waals surface area contributed by atoms with E-state index in [2.05, 4.69) is 10.3 Å². The number of aromatic carboxylic acids is 1. The van der Waals surface area contributed by atoms with Gasteiger partial charge in [-0.05, 0) is 25.1 Å². The molecule has 6 heteroatoms. The first-order valence-electron chi connectivity index (χ1n) is 4.88. The predicted molar refractivity (Wildman–Crippen MR) is 67.9 cm³/mol. The zero-order valence-electron chi connectivity index (χ0n) is 9.10. The lowest BCUT2D eigenvalue weighted by molar-refractivity contribution is 0.0697. The van der Waals surface area contributed by atoms with E-state index in [1.807, 2.05) is 6.92 Å². The third-order valence-corrected chi connectivity index (χ3v) is 2.99. The SMILES string of the molecule is Cc1cnc(Nc2cc(C(=O)O)ccc2N)s1. The lowest BCUT2D eigenvalue weighted by Crippen LogP contribution is -2.01. The minimum absolute atomic E-state index is 0.190. The van der Waals surface area contributed by atoms with Gasteiger partial charge in [0.25, 0.3) is 0 Å². The molecule has 0 aliphatic carbocycles. The van der Waals surface area contributed by atoms with E-state index in [-0.39, 0.29) is 5.56 Å². The van der Waals surface area contributed by atoms with Gasteiger partial charge in [-0.2, -0.15) is 0 Å². The van der Waals surface area contributed by atoms with Crippen LogP contribution in [0.15, 0.2) is 24.4 Å². The first-order chi connectivity index (χ1) is 8.06. The Hall–Kier alpha value is -2.08. The molecule has 2 rings (SSSR count). The predicted octanol–water partition coefficient (Wildman–Crippen LogP) is 2.48. The molecular weight excluding hydrogens is 238 g/mol. The molecule has 0 atom stereocenters. The van der Waals surface area contributed by atoms with Crippen molar-refractivity contribution >= 4 is 33.8 Å². The van der Waals surface area contributed by atoms with Crippen LogP contribution in [-0.2, 0) is 0 Å². The molecule has 0 radical (unpaired) electrons. The van der Waals surface area contributed by atoms with Crippen molar-refractivity contribution in [2.45, 2.75) is 6.92 Å². The third kappa shape index (κ3) is 2.54. The smallest absolute Gasteiger partial charge is 0.335 e. The van der Waals surface area contributed by atoms with E-state index in [0.717, 1.165) is 4.88 Å². The molecule has 0 spiro atoms. The Bertz CT molecular complexity index is 566. The first kappa shape index (κ1) is 11.4. The standard InChI is InChI=1S/C11H11N3O2S/c1-6-5-13-11(17-6)14-9-4-7(10(15)16)2-3-8(9)12/h2-5H,12H2,1H3,(H,13,14)(H,15,16). The normalized spacial score (nSPS) is 10.2. The Kier molecular flexibility index (Phi) is 2.97. The van der Waals surface area contributed by atoms with Crippen LogP contribution in [0.5, 0.6) is 0 Å². The highest BCUT2D eigenvalue weighted by atomic mass is 32.1. The highest BCUT2D eigenvalue weighted by Crippen LogP contribution is 2.26. The molecule has 88 valence electrons. The minimum atomic E-state index is -0.983. The number of carbonyl (C=O) groups is 1. The number of rotatable bonds is 3. The van der Waals surface area contributed by atoms with E-state index >= 15 is 0 Å². The second-order valence-electron chi connectivity index (χ2n) is 3.51. The summed E-state index contributed by atoms with van der Waals surface area (Å²) in [7, 11) is 0. The van der Waals surface area contributed by atoms with Gasteiger partial charge in [0.2, 0.25) is 0 Å². The Morgan fingerprint density at radius 3 is 2.88 bits per heavy atom. The maximum absolute atomic E-state index is 10.8. The van der Waals surface area contributed by atoms with Crippen LogP contribution in [0.2, 0.25) is 0 Å². The van der Waals surface area contributed by atoms with Crippen LogP contribution in [-0.4, -0.2) is 16.1 Å². The number of aryl methyl sites for hydroxylation is 1. The summed E-state index contributed by atoms with van der Waals surface area (Å²) in [5.41, 5.74) is 7.00. The van der Waals surface area contributed by atoms with Crippen LogP contribution in [0.1, 0.15) is 15.2 Å². The molecular formula is C11H11N3O2S. The topological polar surface area (TPSA) is 88.2 Å². The molecule has 2 aromatic rings. The molecule has 1 aromatic heterocycles. The second kappa shape index (κ2) is 4.42. The molecule has 4 N–H and O–H groups in total. The van der Waals surface area contributed by atoms with Gasteiger partial charge in [-0.1, -0.05) is 0 Å². The summed E-state index contributed by atoms with van der Waals surface area (Å²) in [6.45, 7) is 1.94. The van der Waals surface area contributed by atoms with Gasteiger partial charge in [0, 0.05) is 11.1 Å². The Balaban J connectivity index is 2.31. The number of carboxylic acid groups (broad SMARTS) is 1. The fourth-order valence-corrected chi connectivity index (χ4v) is 2.00. The number of hydrogen-bond acceptors (Lipinski definition) is 5. The van der Waals surface area contributed by atoms with Crippen molar-refractivity contribution in [3.05, 3.63) is 34.8 Å². The number of nitrogens with one attached hydrogen (secondary N) is 1. The van der Waals surface area contributed by atoms with Crippen LogP contribution in [0.25, 0.3) is 0 Å². The van der Waals surface area contributed by atoms with Crippen LogP contribution in [0, 0.1) is 6.92 Å². The molecule has 0 saturated heterocycles. The Labute approximate surface area is 102 Å². The number of thiazole rings is 1. The molecule has 17 heavy (non-hydrogen) atoms. The summed E-state index contributed by atoms with van der Waals surface area (Å²) in [6, 6.07) is 4.52. The van der Waals surface area contributed by atoms with Gasteiger partial charge in [-0.25, -0.2) is 9.78 Å². The monoisotopic (exact) mass is 249 g/mol. The van der Waals surface area contributed by atoms with E-state index in [0.29, 0.717) is 16.5 Å². The van der Waals surface area contributed by atoms with Gasteiger partial charge in [0.15, 0.2) is 5.13 Å². The second-order valence-corrected chi connectivity index (χ2v) is 4.74. The maximum atomic E-state index is 10.8. The number of benzene rings is 1. The molecule has 0 aliphatic rings. The number of nitrogen functional groups attached to an aromatic ring is 1. The number of carboxylic acids is 1. The summed E-state index contributed by atoms with van der Waals surface area (Å²) in [5.74, 6) is -0.983. The average molecular weight is 249 g/mol. The van der Waals surface area contributed by atoms with Crippen molar-refractivity contribution in [1.29, 1.82) is 0 Å². The van der Waals surface area contributed by atoms with Crippen LogP contribution < -0.4 is 11.1 Å². The van der Waals surface area contributed by atoms with E-state index in [1.54, 1.807) is 12.3 Å². The highest BCUT2D eigenvalue weighted by molar-refractivity contribution is 7.15. The lowest BCUT2D eigenvalue weighted by Gasteiger charge is -2.07.